The minimum absolute atomic E-state index is 0.0457. The van der Waals surface area contributed by atoms with E-state index >= 15 is 0 Å². The van der Waals surface area contributed by atoms with Gasteiger partial charge in [0.1, 0.15) is 0 Å². The SMILES string of the molecule is CCN1CC(CC(=O)NCc2ccc(Nc3ccc(N4CCC(C(F)(F)F)CC4)cc3)cc2)CC1=O. The molecule has 0 radical (unpaired) electrons. The molecule has 0 spiro atoms. The highest BCUT2D eigenvalue weighted by Crippen LogP contribution is 2.35. The zero-order chi connectivity index (χ0) is 25.7. The molecule has 0 aromatic heterocycles. The molecule has 1 unspecified atom stereocenters. The second kappa shape index (κ2) is 11.2. The highest BCUT2D eigenvalue weighted by atomic mass is 19.4. The van der Waals surface area contributed by atoms with E-state index in [2.05, 4.69) is 10.6 Å². The molecule has 2 aromatic carbocycles. The number of piperidine rings is 1. The summed E-state index contributed by atoms with van der Waals surface area (Å²) in [6.07, 6.45) is -3.03. The van der Waals surface area contributed by atoms with Gasteiger partial charge in [-0.2, -0.15) is 13.2 Å². The second-order valence-corrected chi connectivity index (χ2v) is 9.66. The molecule has 2 aliphatic heterocycles. The first-order valence-corrected chi connectivity index (χ1v) is 12.5. The third-order valence-electron chi connectivity index (χ3n) is 7.07. The molecule has 2 saturated heterocycles. The Bertz CT molecular complexity index is 1030. The molecule has 194 valence electrons. The van der Waals surface area contributed by atoms with Gasteiger partial charge in [-0.05, 0) is 67.6 Å². The highest BCUT2D eigenvalue weighted by Gasteiger charge is 2.41. The molecule has 0 bridgehead atoms. The first-order valence-electron chi connectivity index (χ1n) is 12.5. The number of benzene rings is 2. The summed E-state index contributed by atoms with van der Waals surface area (Å²) in [5.41, 5.74) is 3.69. The lowest BCUT2D eigenvalue weighted by atomic mass is 9.96. The minimum Gasteiger partial charge on any atom is -0.372 e. The summed E-state index contributed by atoms with van der Waals surface area (Å²) in [4.78, 5) is 27.9. The van der Waals surface area contributed by atoms with Crippen molar-refractivity contribution in [2.24, 2.45) is 11.8 Å². The maximum absolute atomic E-state index is 12.9. The van der Waals surface area contributed by atoms with E-state index in [1.807, 2.05) is 60.4 Å². The van der Waals surface area contributed by atoms with Crippen LogP contribution in [0.2, 0.25) is 0 Å². The standard InChI is InChI=1S/C27H33F3N4O2/c1-2-33-18-20(16-26(33)36)15-25(35)31-17-19-3-5-22(6-4-19)32-23-7-9-24(10-8-23)34-13-11-21(12-14-34)27(28,29)30/h3-10,20-21,32H,2,11-18H2,1H3,(H,31,35). The zero-order valence-corrected chi connectivity index (χ0v) is 20.5. The minimum atomic E-state index is -4.10. The van der Waals surface area contributed by atoms with Crippen molar-refractivity contribution in [2.75, 3.05) is 36.4 Å². The molecule has 36 heavy (non-hydrogen) atoms. The Balaban J connectivity index is 1.21. The Morgan fingerprint density at radius 3 is 2.17 bits per heavy atom. The Labute approximate surface area is 209 Å². The Hall–Kier alpha value is -3.23. The van der Waals surface area contributed by atoms with Crippen molar-refractivity contribution in [2.45, 2.75) is 45.3 Å². The molecule has 2 aliphatic rings. The van der Waals surface area contributed by atoms with Gasteiger partial charge in [0.15, 0.2) is 0 Å². The van der Waals surface area contributed by atoms with Crippen LogP contribution in [0.4, 0.5) is 30.2 Å². The number of halogens is 3. The molecule has 2 aromatic rings. The molecule has 2 amide bonds. The number of likely N-dealkylation sites (tertiary alicyclic amines) is 1. The van der Waals surface area contributed by atoms with E-state index in [9.17, 15) is 22.8 Å². The van der Waals surface area contributed by atoms with E-state index in [1.54, 1.807) is 4.90 Å². The summed E-state index contributed by atoms with van der Waals surface area (Å²) < 4.78 is 38.7. The largest absolute Gasteiger partial charge is 0.391 e. The molecule has 0 saturated carbocycles. The van der Waals surface area contributed by atoms with Crippen LogP contribution < -0.4 is 15.5 Å². The van der Waals surface area contributed by atoms with Crippen LogP contribution in [0, 0.1) is 11.8 Å². The molecule has 1 atom stereocenters. The number of carbonyl (C=O) groups excluding carboxylic acids is 2. The van der Waals surface area contributed by atoms with Crippen LogP contribution in [-0.2, 0) is 16.1 Å². The van der Waals surface area contributed by atoms with E-state index in [1.165, 1.54) is 0 Å². The normalized spacial score (nSPS) is 19.0. The van der Waals surface area contributed by atoms with Crippen molar-refractivity contribution in [3.05, 3.63) is 54.1 Å². The van der Waals surface area contributed by atoms with Crippen LogP contribution in [-0.4, -0.2) is 49.1 Å². The van der Waals surface area contributed by atoms with E-state index < -0.39 is 12.1 Å². The number of rotatable bonds is 8. The van der Waals surface area contributed by atoms with Gasteiger partial charge in [0, 0.05) is 62.6 Å². The summed E-state index contributed by atoms with van der Waals surface area (Å²) >= 11 is 0. The summed E-state index contributed by atoms with van der Waals surface area (Å²) in [5.74, 6) is -1.04. The molecule has 0 aliphatic carbocycles. The van der Waals surface area contributed by atoms with Gasteiger partial charge in [-0.15, -0.1) is 0 Å². The number of nitrogens with zero attached hydrogens (tertiary/aromatic N) is 2. The lowest BCUT2D eigenvalue weighted by Gasteiger charge is -2.34. The third-order valence-corrected chi connectivity index (χ3v) is 7.07. The van der Waals surface area contributed by atoms with Gasteiger partial charge in [0.05, 0.1) is 5.92 Å². The summed E-state index contributed by atoms with van der Waals surface area (Å²) in [6, 6.07) is 15.5. The Morgan fingerprint density at radius 1 is 1.00 bits per heavy atom. The van der Waals surface area contributed by atoms with Crippen LogP contribution in [0.15, 0.2) is 48.5 Å². The van der Waals surface area contributed by atoms with Gasteiger partial charge in [-0.3, -0.25) is 9.59 Å². The van der Waals surface area contributed by atoms with Crippen LogP contribution >= 0.6 is 0 Å². The number of alkyl halides is 3. The average molecular weight is 503 g/mol. The quantitative estimate of drug-likeness (QED) is 0.528. The molecule has 9 heteroatoms. The highest BCUT2D eigenvalue weighted by molar-refractivity contribution is 5.81. The molecular formula is C27H33F3N4O2. The molecule has 2 fully saturated rings. The number of nitrogens with one attached hydrogen (secondary N) is 2. The van der Waals surface area contributed by atoms with Crippen molar-refractivity contribution in [3.8, 4) is 0 Å². The van der Waals surface area contributed by atoms with Crippen molar-refractivity contribution in [1.82, 2.24) is 10.2 Å². The van der Waals surface area contributed by atoms with Gasteiger partial charge >= 0.3 is 6.18 Å². The topological polar surface area (TPSA) is 64.7 Å². The fourth-order valence-electron chi connectivity index (χ4n) is 4.92. The van der Waals surface area contributed by atoms with Gasteiger partial charge in [-0.25, -0.2) is 0 Å². The van der Waals surface area contributed by atoms with E-state index in [-0.39, 0.29) is 30.6 Å². The average Bonchev–Trinajstić information content (AvgIpc) is 3.22. The fourth-order valence-corrected chi connectivity index (χ4v) is 4.92. The summed E-state index contributed by atoms with van der Waals surface area (Å²) in [5, 5.41) is 6.26. The number of anilines is 3. The van der Waals surface area contributed by atoms with Crippen LogP contribution in [0.1, 0.15) is 38.2 Å². The van der Waals surface area contributed by atoms with Crippen molar-refractivity contribution in [1.29, 1.82) is 0 Å². The van der Waals surface area contributed by atoms with Gasteiger partial charge in [0.2, 0.25) is 11.8 Å². The Morgan fingerprint density at radius 2 is 1.61 bits per heavy atom. The van der Waals surface area contributed by atoms with Gasteiger partial charge in [0.25, 0.3) is 0 Å². The van der Waals surface area contributed by atoms with Crippen LogP contribution in [0.5, 0.6) is 0 Å². The van der Waals surface area contributed by atoms with E-state index in [4.69, 9.17) is 0 Å². The maximum atomic E-state index is 12.9. The molecule has 6 nitrogen and oxygen atoms in total. The lowest BCUT2D eigenvalue weighted by molar-refractivity contribution is -0.179. The maximum Gasteiger partial charge on any atom is 0.391 e. The number of hydrogen-bond donors (Lipinski definition) is 2. The molecule has 4 rings (SSSR count). The van der Waals surface area contributed by atoms with Gasteiger partial charge in [-0.1, -0.05) is 12.1 Å². The summed E-state index contributed by atoms with van der Waals surface area (Å²) in [7, 11) is 0. The monoisotopic (exact) mass is 502 g/mol. The predicted molar refractivity (Wildman–Crippen MR) is 134 cm³/mol. The van der Waals surface area contributed by atoms with Crippen molar-refractivity contribution >= 4 is 28.9 Å². The number of hydrogen-bond acceptors (Lipinski definition) is 4. The molecule has 2 N–H and O–H groups in total. The van der Waals surface area contributed by atoms with Gasteiger partial charge < -0.3 is 20.4 Å². The molecular weight excluding hydrogens is 469 g/mol. The van der Waals surface area contributed by atoms with E-state index in [0.717, 1.165) is 22.6 Å². The third kappa shape index (κ3) is 6.71. The second-order valence-electron chi connectivity index (χ2n) is 9.66. The van der Waals surface area contributed by atoms with Crippen molar-refractivity contribution in [3.63, 3.8) is 0 Å². The lowest BCUT2D eigenvalue weighted by Crippen LogP contribution is -2.38. The molecule has 2 heterocycles. The van der Waals surface area contributed by atoms with Crippen LogP contribution in [0.25, 0.3) is 0 Å². The number of carbonyl (C=O) groups is 2. The first-order chi connectivity index (χ1) is 17.2. The first kappa shape index (κ1) is 25.9. The van der Waals surface area contributed by atoms with Crippen molar-refractivity contribution < 1.29 is 22.8 Å². The van der Waals surface area contributed by atoms with Crippen LogP contribution in [0.3, 0.4) is 0 Å². The summed E-state index contributed by atoms with van der Waals surface area (Å²) in [6.45, 7) is 4.53. The Kier molecular flexibility index (Phi) is 8.06. The fraction of sp³-hybridized carbons (Fsp3) is 0.481. The number of amides is 2. The zero-order valence-electron chi connectivity index (χ0n) is 20.5. The van der Waals surface area contributed by atoms with E-state index in [0.29, 0.717) is 45.6 Å². The predicted octanol–water partition coefficient (Wildman–Crippen LogP) is 5.08. The smallest absolute Gasteiger partial charge is 0.372 e.